The van der Waals surface area contributed by atoms with Gasteiger partial charge in [0, 0.05) is 18.2 Å². The number of hydrogen-bond acceptors (Lipinski definition) is 8. The van der Waals surface area contributed by atoms with Gasteiger partial charge in [-0.15, -0.1) is 0 Å². The molecule has 0 spiro atoms. The maximum Gasteiger partial charge on any atom is 0.384 e. The predicted molar refractivity (Wildman–Crippen MR) is 112 cm³/mol. The van der Waals surface area contributed by atoms with Gasteiger partial charge in [0.2, 0.25) is 0 Å². The zero-order chi connectivity index (χ0) is 33.4. The van der Waals surface area contributed by atoms with Crippen LogP contribution in [0.25, 0.3) is 0 Å². The van der Waals surface area contributed by atoms with Crippen LogP contribution in [0.4, 0.5) is 52.7 Å². The number of alkyl halides is 12. The SMILES string of the molecule is C=CC(=O)OCC(CC(F)(F)C(F)(F)C(F)(F)C(F)(F)C(F)(F)C(F)(F)CC(COC=O)OC(=O)C=C)OC(=O)C=C. The van der Waals surface area contributed by atoms with E-state index >= 15 is 0 Å². The van der Waals surface area contributed by atoms with Crippen molar-refractivity contribution in [2.24, 2.45) is 0 Å². The molecule has 0 heterocycles. The largest absolute Gasteiger partial charge is 0.464 e. The van der Waals surface area contributed by atoms with Crippen molar-refractivity contribution in [2.45, 2.75) is 60.6 Å². The van der Waals surface area contributed by atoms with E-state index in [2.05, 4.69) is 38.7 Å². The average molecular weight is 640 g/mol. The summed E-state index contributed by atoms with van der Waals surface area (Å²) in [4.78, 5) is 43.7. The molecule has 0 saturated heterocycles. The smallest absolute Gasteiger partial charge is 0.384 e. The monoisotopic (exact) mass is 640 g/mol. The number of halogens is 12. The second kappa shape index (κ2) is 14.0. The molecule has 0 aliphatic heterocycles. The first-order chi connectivity index (χ1) is 18.9. The Hall–Kier alpha value is -3.74. The van der Waals surface area contributed by atoms with Crippen LogP contribution in [0.3, 0.4) is 0 Å². The van der Waals surface area contributed by atoms with Gasteiger partial charge < -0.3 is 18.9 Å². The Bertz CT molecular complexity index is 1030. The zero-order valence-electron chi connectivity index (χ0n) is 20.7. The van der Waals surface area contributed by atoms with Crippen molar-refractivity contribution < 1.29 is 90.8 Å². The number of rotatable bonds is 19. The molecule has 0 aromatic heterocycles. The van der Waals surface area contributed by atoms with Gasteiger partial charge in [-0.2, -0.15) is 52.7 Å². The summed E-state index contributed by atoms with van der Waals surface area (Å²) in [7, 11) is 0. The van der Waals surface area contributed by atoms with Crippen molar-refractivity contribution in [3.8, 4) is 0 Å². The molecule has 2 atom stereocenters. The summed E-state index contributed by atoms with van der Waals surface area (Å²) in [5.74, 6) is -49.2. The molecule has 0 aliphatic carbocycles. The van der Waals surface area contributed by atoms with Crippen molar-refractivity contribution in [2.75, 3.05) is 13.2 Å². The van der Waals surface area contributed by atoms with Crippen molar-refractivity contribution in [1.29, 1.82) is 0 Å². The summed E-state index contributed by atoms with van der Waals surface area (Å²) in [5, 5.41) is 0. The van der Waals surface area contributed by atoms with E-state index in [0.717, 1.165) is 0 Å². The summed E-state index contributed by atoms with van der Waals surface area (Å²) in [6.07, 6.45) is -10.6. The van der Waals surface area contributed by atoms with E-state index in [1.54, 1.807) is 0 Å². The number of ether oxygens (including phenoxy) is 4. The topological polar surface area (TPSA) is 105 Å². The highest BCUT2D eigenvalue weighted by molar-refractivity contribution is 5.82. The Morgan fingerprint density at radius 2 is 0.905 bits per heavy atom. The molecular formula is C22H20F12O8. The minimum Gasteiger partial charge on any atom is -0.464 e. The highest BCUT2D eigenvalue weighted by atomic mass is 19.4. The molecular weight excluding hydrogens is 620 g/mol. The van der Waals surface area contributed by atoms with Crippen molar-refractivity contribution in [3.05, 3.63) is 38.0 Å². The molecule has 0 N–H and O–H groups in total. The van der Waals surface area contributed by atoms with E-state index in [1.165, 1.54) is 0 Å². The van der Waals surface area contributed by atoms with E-state index in [9.17, 15) is 71.9 Å². The molecule has 0 saturated carbocycles. The van der Waals surface area contributed by atoms with Gasteiger partial charge in [0.15, 0.2) is 0 Å². The molecule has 240 valence electrons. The van der Waals surface area contributed by atoms with Crippen LogP contribution in [-0.2, 0) is 38.1 Å². The van der Waals surface area contributed by atoms with Gasteiger partial charge in [-0.25, -0.2) is 14.4 Å². The van der Waals surface area contributed by atoms with Gasteiger partial charge in [0.25, 0.3) is 6.47 Å². The van der Waals surface area contributed by atoms with Crippen molar-refractivity contribution >= 4 is 24.4 Å². The van der Waals surface area contributed by atoms with E-state index in [-0.39, 0.29) is 12.2 Å². The van der Waals surface area contributed by atoms with Gasteiger partial charge in [-0.1, -0.05) is 19.7 Å². The lowest BCUT2D eigenvalue weighted by atomic mass is 9.88. The standard InChI is InChI=1S/C22H20F12O8/c1-4-14(36)40-10-13(42-16(38)6-3)8-18(25,26)20(29,30)22(33,34)21(31,32)19(27,28)17(23,24)7-12(9-39-11-35)41-15(37)5-2/h4-6,11-13H,1-3,7-10H2. The lowest BCUT2D eigenvalue weighted by Crippen LogP contribution is -2.71. The van der Waals surface area contributed by atoms with E-state index in [1.807, 2.05) is 0 Å². The van der Waals surface area contributed by atoms with Crippen LogP contribution in [0.5, 0.6) is 0 Å². The summed E-state index contributed by atoms with van der Waals surface area (Å²) in [6, 6.07) is 0. The molecule has 0 aromatic rings. The molecule has 8 nitrogen and oxygen atoms in total. The van der Waals surface area contributed by atoms with Crippen LogP contribution < -0.4 is 0 Å². The van der Waals surface area contributed by atoms with Crippen LogP contribution in [-0.4, -0.2) is 85.3 Å². The summed E-state index contributed by atoms with van der Waals surface area (Å²) in [5.41, 5.74) is 0. The molecule has 42 heavy (non-hydrogen) atoms. The maximum absolute atomic E-state index is 14.4. The molecule has 2 unspecified atom stereocenters. The predicted octanol–water partition coefficient (Wildman–Crippen LogP) is 4.68. The van der Waals surface area contributed by atoms with Crippen LogP contribution in [0.1, 0.15) is 12.8 Å². The normalized spacial score (nSPS) is 14.6. The fraction of sp³-hybridized carbons (Fsp3) is 0.545. The molecule has 0 aromatic carbocycles. The minimum absolute atomic E-state index is 0.212. The third kappa shape index (κ3) is 8.17. The van der Waals surface area contributed by atoms with E-state index in [4.69, 9.17) is 0 Å². The molecule has 0 fully saturated rings. The zero-order valence-corrected chi connectivity index (χ0v) is 20.7. The number of hydrogen-bond donors (Lipinski definition) is 0. The van der Waals surface area contributed by atoms with Crippen LogP contribution in [0.2, 0.25) is 0 Å². The summed E-state index contributed by atoms with van der Waals surface area (Å²) < 4.78 is 188. The first-order valence-electron chi connectivity index (χ1n) is 10.7. The first-order valence-corrected chi connectivity index (χ1v) is 10.7. The van der Waals surface area contributed by atoms with Crippen LogP contribution in [0, 0.1) is 0 Å². The number of esters is 3. The molecule has 0 aliphatic rings. The summed E-state index contributed by atoms with van der Waals surface area (Å²) >= 11 is 0. The van der Waals surface area contributed by atoms with Gasteiger partial charge in [-0.05, 0) is 0 Å². The highest BCUT2D eigenvalue weighted by Crippen LogP contribution is 2.61. The maximum atomic E-state index is 14.4. The molecule has 0 amide bonds. The fourth-order valence-electron chi connectivity index (χ4n) is 2.76. The van der Waals surface area contributed by atoms with Gasteiger partial charge in [-0.3, -0.25) is 4.79 Å². The van der Waals surface area contributed by atoms with Gasteiger partial charge in [0.05, 0.1) is 12.8 Å². The Balaban J connectivity index is 6.49. The summed E-state index contributed by atoms with van der Waals surface area (Å²) in [6.45, 7) is 4.70. The highest BCUT2D eigenvalue weighted by Gasteiger charge is 2.90. The molecule has 0 rings (SSSR count). The van der Waals surface area contributed by atoms with E-state index in [0.29, 0.717) is 6.08 Å². The third-order valence-corrected chi connectivity index (χ3v) is 4.90. The Morgan fingerprint density at radius 1 is 0.571 bits per heavy atom. The number of carbonyl (C=O) groups excluding carboxylic acids is 4. The first kappa shape index (κ1) is 38.3. The van der Waals surface area contributed by atoms with Crippen LogP contribution in [0.15, 0.2) is 38.0 Å². The lowest BCUT2D eigenvalue weighted by Gasteiger charge is -2.42. The lowest BCUT2D eigenvalue weighted by molar-refractivity contribution is -0.427. The van der Waals surface area contributed by atoms with Gasteiger partial charge in [0.1, 0.15) is 25.4 Å². The second-order valence-electron chi connectivity index (χ2n) is 7.90. The number of carbonyl (C=O) groups is 4. The molecule has 20 heteroatoms. The van der Waals surface area contributed by atoms with Crippen LogP contribution >= 0.6 is 0 Å². The minimum atomic E-state index is -7.99. The second-order valence-corrected chi connectivity index (χ2v) is 7.90. The fourth-order valence-corrected chi connectivity index (χ4v) is 2.76. The van der Waals surface area contributed by atoms with Gasteiger partial charge >= 0.3 is 53.4 Å². The Kier molecular flexibility index (Phi) is 12.7. The average Bonchev–Trinajstić information content (AvgIpc) is 2.88. The van der Waals surface area contributed by atoms with E-state index < -0.39 is 98.2 Å². The van der Waals surface area contributed by atoms with Crippen molar-refractivity contribution in [3.63, 3.8) is 0 Å². The Labute approximate surface area is 227 Å². The Morgan fingerprint density at radius 3 is 1.21 bits per heavy atom. The molecule has 0 radical (unpaired) electrons. The van der Waals surface area contributed by atoms with Crippen molar-refractivity contribution in [1.82, 2.24) is 0 Å². The molecule has 0 bridgehead atoms. The quantitative estimate of drug-likeness (QED) is 0.0660. The third-order valence-electron chi connectivity index (χ3n) is 4.90.